The molecule has 0 aromatic heterocycles. The Kier molecular flexibility index (Phi) is 3.28. The molecule has 16 heavy (non-hydrogen) atoms. The monoisotopic (exact) mass is 230 g/mol. The Balaban J connectivity index is 3.37. The Morgan fingerprint density at radius 1 is 1.31 bits per heavy atom. The van der Waals surface area contributed by atoms with Gasteiger partial charge in [0.1, 0.15) is 11.6 Å². The van der Waals surface area contributed by atoms with E-state index in [1.165, 1.54) is 13.8 Å². The standard InChI is InChI=1S/C11H12F2O3/c1-11(2,5-14)7-4-8(12)6(10(15)16)3-9(7)13/h3-4,14H,5H2,1-2H3,(H,15,16). The number of rotatable bonds is 3. The van der Waals surface area contributed by atoms with Crippen molar-refractivity contribution in [3.63, 3.8) is 0 Å². The van der Waals surface area contributed by atoms with Crippen LogP contribution >= 0.6 is 0 Å². The number of hydrogen-bond acceptors (Lipinski definition) is 2. The second-order valence-corrected chi connectivity index (χ2v) is 4.16. The maximum atomic E-state index is 13.5. The number of hydrogen-bond donors (Lipinski definition) is 2. The van der Waals surface area contributed by atoms with Crippen molar-refractivity contribution < 1.29 is 23.8 Å². The third-order valence-corrected chi connectivity index (χ3v) is 2.41. The lowest BCUT2D eigenvalue weighted by molar-refractivity contribution is 0.0691. The Morgan fingerprint density at radius 2 is 1.88 bits per heavy atom. The summed E-state index contributed by atoms with van der Waals surface area (Å²) in [6.07, 6.45) is 0. The molecule has 0 fully saturated rings. The van der Waals surface area contributed by atoms with Crippen LogP contribution in [-0.4, -0.2) is 22.8 Å². The minimum Gasteiger partial charge on any atom is -0.478 e. The fourth-order valence-corrected chi connectivity index (χ4v) is 1.31. The molecule has 0 aliphatic carbocycles. The lowest BCUT2D eigenvalue weighted by Crippen LogP contribution is -2.24. The Morgan fingerprint density at radius 3 is 2.31 bits per heavy atom. The molecule has 0 aliphatic rings. The SMILES string of the molecule is CC(C)(CO)c1cc(F)c(C(=O)O)cc1F. The van der Waals surface area contributed by atoms with Crippen LogP contribution in [0.1, 0.15) is 29.8 Å². The number of halogens is 2. The topological polar surface area (TPSA) is 57.5 Å². The molecule has 0 radical (unpaired) electrons. The van der Waals surface area contributed by atoms with E-state index in [0.717, 1.165) is 6.07 Å². The summed E-state index contributed by atoms with van der Waals surface area (Å²) in [5, 5.41) is 17.6. The van der Waals surface area contributed by atoms with Crippen molar-refractivity contribution in [3.8, 4) is 0 Å². The summed E-state index contributed by atoms with van der Waals surface area (Å²) in [4.78, 5) is 10.5. The maximum Gasteiger partial charge on any atom is 0.338 e. The zero-order chi connectivity index (χ0) is 12.5. The quantitative estimate of drug-likeness (QED) is 0.834. The van der Waals surface area contributed by atoms with Crippen LogP contribution in [0.15, 0.2) is 12.1 Å². The summed E-state index contributed by atoms with van der Waals surface area (Å²) in [6.45, 7) is 2.70. The molecular weight excluding hydrogens is 218 g/mol. The van der Waals surface area contributed by atoms with E-state index in [1.807, 2.05) is 0 Å². The third kappa shape index (κ3) is 2.19. The van der Waals surface area contributed by atoms with Crippen LogP contribution in [0, 0.1) is 11.6 Å². The van der Waals surface area contributed by atoms with Gasteiger partial charge >= 0.3 is 5.97 Å². The predicted octanol–water partition coefficient (Wildman–Crippen LogP) is 1.93. The first kappa shape index (κ1) is 12.6. The molecule has 88 valence electrons. The van der Waals surface area contributed by atoms with Crippen molar-refractivity contribution in [2.75, 3.05) is 6.61 Å². The van der Waals surface area contributed by atoms with Gasteiger partial charge in [-0.25, -0.2) is 13.6 Å². The lowest BCUT2D eigenvalue weighted by atomic mass is 9.84. The van der Waals surface area contributed by atoms with Crippen LogP contribution in [0.5, 0.6) is 0 Å². The van der Waals surface area contributed by atoms with Crippen molar-refractivity contribution >= 4 is 5.97 Å². The minimum absolute atomic E-state index is 0.0440. The summed E-state index contributed by atoms with van der Waals surface area (Å²) in [7, 11) is 0. The number of aliphatic hydroxyl groups is 1. The van der Waals surface area contributed by atoms with Gasteiger partial charge in [-0.3, -0.25) is 0 Å². The Labute approximate surface area is 91.3 Å². The molecular formula is C11H12F2O3. The summed E-state index contributed by atoms with van der Waals surface area (Å²) >= 11 is 0. The highest BCUT2D eigenvalue weighted by Gasteiger charge is 2.26. The van der Waals surface area contributed by atoms with E-state index in [0.29, 0.717) is 6.07 Å². The molecule has 1 aromatic carbocycles. The first-order chi connectivity index (χ1) is 7.29. The molecule has 0 heterocycles. The highest BCUT2D eigenvalue weighted by Crippen LogP contribution is 2.27. The molecule has 0 atom stereocenters. The van der Waals surface area contributed by atoms with Crippen LogP contribution in [0.2, 0.25) is 0 Å². The van der Waals surface area contributed by atoms with E-state index < -0.39 is 28.6 Å². The predicted molar refractivity (Wildman–Crippen MR) is 53.4 cm³/mol. The molecule has 2 N–H and O–H groups in total. The van der Waals surface area contributed by atoms with Crippen molar-refractivity contribution in [1.29, 1.82) is 0 Å². The van der Waals surface area contributed by atoms with Crippen LogP contribution in [0.25, 0.3) is 0 Å². The maximum absolute atomic E-state index is 13.5. The number of benzene rings is 1. The van der Waals surface area contributed by atoms with Gasteiger partial charge in [0.05, 0.1) is 12.2 Å². The third-order valence-electron chi connectivity index (χ3n) is 2.41. The van der Waals surface area contributed by atoms with Crippen molar-refractivity contribution in [2.24, 2.45) is 0 Å². The highest BCUT2D eigenvalue weighted by atomic mass is 19.1. The summed E-state index contributed by atoms with van der Waals surface area (Å²) in [5.74, 6) is -3.37. The molecule has 0 spiro atoms. The summed E-state index contributed by atoms with van der Waals surface area (Å²) < 4.78 is 26.9. The van der Waals surface area contributed by atoms with Gasteiger partial charge in [-0.1, -0.05) is 13.8 Å². The largest absolute Gasteiger partial charge is 0.478 e. The van der Waals surface area contributed by atoms with Crippen molar-refractivity contribution in [1.82, 2.24) is 0 Å². The molecule has 5 heteroatoms. The summed E-state index contributed by atoms with van der Waals surface area (Å²) in [6, 6.07) is 1.44. The normalized spacial score (nSPS) is 11.6. The smallest absolute Gasteiger partial charge is 0.338 e. The highest BCUT2D eigenvalue weighted by molar-refractivity contribution is 5.88. The van der Waals surface area contributed by atoms with Crippen LogP contribution in [-0.2, 0) is 5.41 Å². The van der Waals surface area contributed by atoms with Gasteiger partial charge in [-0.05, 0) is 17.7 Å². The number of carboxylic acids is 1. The van der Waals surface area contributed by atoms with Gasteiger partial charge in [-0.15, -0.1) is 0 Å². The number of carboxylic acid groups (broad SMARTS) is 1. The van der Waals surface area contributed by atoms with Gasteiger partial charge in [-0.2, -0.15) is 0 Å². The van der Waals surface area contributed by atoms with Gasteiger partial charge in [0.15, 0.2) is 0 Å². The molecule has 3 nitrogen and oxygen atoms in total. The molecule has 0 amide bonds. The van der Waals surface area contributed by atoms with E-state index in [2.05, 4.69) is 0 Å². The van der Waals surface area contributed by atoms with Gasteiger partial charge < -0.3 is 10.2 Å². The number of aromatic carboxylic acids is 1. The van der Waals surface area contributed by atoms with E-state index in [-0.39, 0.29) is 12.2 Å². The molecule has 0 saturated heterocycles. The molecule has 0 aliphatic heterocycles. The van der Waals surface area contributed by atoms with E-state index >= 15 is 0 Å². The number of aliphatic hydroxyl groups excluding tert-OH is 1. The molecule has 0 unspecified atom stereocenters. The molecule has 1 rings (SSSR count). The second kappa shape index (κ2) is 4.17. The lowest BCUT2D eigenvalue weighted by Gasteiger charge is -2.23. The first-order valence-corrected chi connectivity index (χ1v) is 4.63. The van der Waals surface area contributed by atoms with Crippen molar-refractivity contribution in [3.05, 3.63) is 34.9 Å². The van der Waals surface area contributed by atoms with E-state index in [9.17, 15) is 13.6 Å². The minimum atomic E-state index is -1.52. The first-order valence-electron chi connectivity index (χ1n) is 4.63. The summed E-state index contributed by atoms with van der Waals surface area (Å²) in [5.41, 5.74) is -1.71. The van der Waals surface area contributed by atoms with Gasteiger partial charge in [0.25, 0.3) is 0 Å². The average molecular weight is 230 g/mol. The Bertz CT molecular complexity index is 427. The fourth-order valence-electron chi connectivity index (χ4n) is 1.31. The van der Waals surface area contributed by atoms with E-state index in [4.69, 9.17) is 10.2 Å². The van der Waals surface area contributed by atoms with Gasteiger partial charge in [0, 0.05) is 5.41 Å². The number of carbonyl (C=O) groups is 1. The molecule has 1 aromatic rings. The molecule has 0 saturated carbocycles. The van der Waals surface area contributed by atoms with Crippen LogP contribution in [0.3, 0.4) is 0 Å². The van der Waals surface area contributed by atoms with Crippen molar-refractivity contribution in [2.45, 2.75) is 19.3 Å². The van der Waals surface area contributed by atoms with Crippen LogP contribution < -0.4 is 0 Å². The molecule has 0 bridgehead atoms. The zero-order valence-corrected chi connectivity index (χ0v) is 8.92. The zero-order valence-electron chi connectivity index (χ0n) is 8.92. The fraction of sp³-hybridized carbons (Fsp3) is 0.364. The second-order valence-electron chi connectivity index (χ2n) is 4.16. The van der Waals surface area contributed by atoms with E-state index in [1.54, 1.807) is 0 Å². The Hall–Kier alpha value is -1.49. The van der Waals surface area contributed by atoms with Gasteiger partial charge in [0.2, 0.25) is 0 Å². The van der Waals surface area contributed by atoms with Crippen LogP contribution in [0.4, 0.5) is 8.78 Å². The average Bonchev–Trinajstić information content (AvgIpc) is 2.20.